The van der Waals surface area contributed by atoms with Gasteiger partial charge in [0.05, 0.1) is 0 Å². The number of hydrogen-bond donors (Lipinski definition) is 0. The minimum absolute atomic E-state index is 0.0900. The summed E-state index contributed by atoms with van der Waals surface area (Å²) in [7, 11) is 0. The van der Waals surface area contributed by atoms with E-state index in [1.807, 2.05) is 24.3 Å². The van der Waals surface area contributed by atoms with Gasteiger partial charge in [0.15, 0.2) is 0 Å². The van der Waals surface area contributed by atoms with E-state index in [1.54, 1.807) is 0 Å². The molecule has 0 aliphatic carbocycles. The van der Waals surface area contributed by atoms with Crippen LogP contribution in [0.25, 0.3) is 99.2 Å². The van der Waals surface area contributed by atoms with Crippen molar-refractivity contribution < 1.29 is 13.3 Å². The van der Waals surface area contributed by atoms with E-state index in [4.69, 9.17) is 13.3 Å². The molecule has 272 valence electrons. The van der Waals surface area contributed by atoms with Crippen LogP contribution in [-0.2, 0) is 0 Å². The molecule has 0 amide bonds. The van der Waals surface area contributed by atoms with Crippen molar-refractivity contribution in [1.29, 1.82) is 0 Å². The lowest BCUT2D eigenvalue weighted by molar-refractivity contribution is 0.662. The summed E-state index contributed by atoms with van der Waals surface area (Å²) >= 11 is 0. The summed E-state index contributed by atoms with van der Waals surface area (Å²) in [6.45, 7) is 0. The summed E-state index contributed by atoms with van der Waals surface area (Å²) in [6.07, 6.45) is 0. The second kappa shape index (κ2) is 13.0. The van der Waals surface area contributed by atoms with Crippen molar-refractivity contribution in [2.45, 2.75) is 5.92 Å². The van der Waals surface area contributed by atoms with Gasteiger partial charge in [0.2, 0.25) is 0 Å². The molecule has 0 atom stereocenters. The maximum absolute atomic E-state index is 7.12. The first-order valence-electron chi connectivity index (χ1n) is 19.8. The lowest BCUT2D eigenvalue weighted by Gasteiger charge is -2.21. The Kier molecular flexibility index (Phi) is 7.29. The van der Waals surface area contributed by atoms with Gasteiger partial charge in [-0.3, -0.25) is 0 Å². The summed E-state index contributed by atoms with van der Waals surface area (Å²) in [5.41, 5.74) is 15.3. The lowest BCUT2D eigenvalue weighted by atomic mass is 9.82. The Hall–Kier alpha value is -7.62. The van der Waals surface area contributed by atoms with Crippen molar-refractivity contribution in [3.63, 3.8) is 0 Å². The van der Waals surface area contributed by atoms with Crippen molar-refractivity contribution in [3.8, 4) is 33.4 Å². The molecule has 0 aliphatic rings. The predicted octanol–water partition coefficient (Wildman–Crippen LogP) is 15.6. The second-order valence-corrected chi connectivity index (χ2v) is 15.1. The van der Waals surface area contributed by atoms with Gasteiger partial charge in [-0.05, 0) is 63.2 Å². The largest absolute Gasteiger partial charge is 0.456 e. The molecule has 12 aromatic rings. The van der Waals surface area contributed by atoms with Crippen LogP contribution in [0.5, 0.6) is 0 Å². The Labute approximate surface area is 334 Å². The fourth-order valence-corrected chi connectivity index (χ4v) is 9.18. The molecule has 0 aliphatic heterocycles. The summed E-state index contributed by atoms with van der Waals surface area (Å²) in [4.78, 5) is 0. The number of benzene rings is 9. The molecule has 0 saturated carbocycles. The molecule has 0 bridgehead atoms. The van der Waals surface area contributed by atoms with E-state index in [1.165, 1.54) is 38.9 Å². The van der Waals surface area contributed by atoms with Crippen LogP contribution >= 0.6 is 0 Å². The van der Waals surface area contributed by atoms with E-state index in [-0.39, 0.29) is 5.92 Å². The third kappa shape index (κ3) is 5.07. The smallest absolute Gasteiger partial charge is 0.144 e. The maximum Gasteiger partial charge on any atom is 0.144 e. The molecule has 9 aromatic carbocycles. The van der Waals surface area contributed by atoms with E-state index in [0.717, 1.165) is 76.9 Å². The first-order chi connectivity index (χ1) is 28.8. The average Bonchev–Trinajstić information content (AvgIpc) is 3.98. The quantitative estimate of drug-likeness (QED) is 0.159. The Morgan fingerprint density at radius 1 is 0.310 bits per heavy atom. The van der Waals surface area contributed by atoms with Gasteiger partial charge in [-0.2, -0.15) is 0 Å². The van der Waals surface area contributed by atoms with E-state index >= 15 is 0 Å². The van der Waals surface area contributed by atoms with E-state index in [0.29, 0.717) is 0 Å². The molecular weight excluding hydrogens is 709 g/mol. The third-order valence-corrected chi connectivity index (χ3v) is 11.8. The van der Waals surface area contributed by atoms with Crippen molar-refractivity contribution in [2.75, 3.05) is 0 Å². The summed E-state index contributed by atoms with van der Waals surface area (Å²) in [5, 5.41) is 6.29. The van der Waals surface area contributed by atoms with Gasteiger partial charge in [-0.25, -0.2) is 0 Å². The molecule has 0 spiro atoms. The van der Waals surface area contributed by atoms with Gasteiger partial charge in [0.25, 0.3) is 0 Å². The molecule has 0 unspecified atom stereocenters. The van der Waals surface area contributed by atoms with Gasteiger partial charge in [0.1, 0.15) is 33.5 Å². The van der Waals surface area contributed by atoms with Crippen LogP contribution < -0.4 is 0 Å². The zero-order valence-corrected chi connectivity index (χ0v) is 31.4. The second-order valence-electron chi connectivity index (χ2n) is 15.1. The van der Waals surface area contributed by atoms with Crippen molar-refractivity contribution in [1.82, 2.24) is 0 Å². The molecule has 3 heteroatoms. The van der Waals surface area contributed by atoms with E-state index < -0.39 is 0 Å². The standard InChI is InChI=1S/C55H34O3/c1-3-13-34(14-4-1)36-25-29-38(30-26-36)50(39-31-27-37(28-32-39)35-15-5-2-6-16-35)43-20-12-24-48-51(43)45-33-49-52(42-18-8-10-23-47(42)56-49)53(55(45)58-48)44-21-11-19-41-40-17-7-9-22-46(40)57-54(41)44/h1-33,50H. The zero-order valence-electron chi connectivity index (χ0n) is 31.4. The SMILES string of the molecule is c1ccc(-c2ccc(C(c3ccc(-c4ccccc4)cc3)c3cccc4oc5c(-c6cccc7c6oc6ccccc67)c6c(cc5c34)oc3ccccc36)cc2)cc1. The summed E-state index contributed by atoms with van der Waals surface area (Å²) < 4.78 is 20.5. The van der Waals surface area contributed by atoms with E-state index in [2.05, 4.69) is 176 Å². The fourth-order valence-electron chi connectivity index (χ4n) is 9.18. The van der Waals surface area contributed by atoms with Gasteiger partial charge in [0, 0.05) is 49.4 Å². The average molecular weight is 743 g/mol. The van der Waals surface area contributed by atoms with Crippen LogP contribution in [0.2, 0.25) is 0 Å². The first-order valence-corrected chi connectivity index (χ1v) is 19.8. The molecule has 3 aromatic heterocycles. The Balaban J connectivity index is 1.14. The predicted molar refractivity (Wildman–Crippen MR) is 238 cm³/mol. The van der Waals surface area contributed by atoms with Gasteiger partial charge in [-0.15, -0.1) is 0 Å². The molecule has 0 radical (unpaired) electrons. The van der Waals surface area contributed by atoms with Gasteiger partial charge >= 0.3 is 0 Å². The number of rotatable bonds is 6. The fraction of sp³-hybridized carbons (Fsp3) is 0.0182. The zero-order chi connectivity index (χ0) is 38.2. The van der Waals surface area contributed by atoms with Crippen molar-refractivity contribution in [2.24, 2.45) is 0 Å². The van der Waals surface area contributed by atoms with Crippen LogP contribution in [-0.4, -0.2) is 0 Å². The maximum atomic E-state index is 7.12. The highest BCUT2D eigenvalue weighted by Gasteiger charge is 2.27. The summed E-state index contributed by atoms with van der Waals surface area (Å²) in [5.74, 6) is -0.0900. The molecule has 0 saturated heterocycles. The number of hydrogen-bond acceptors (Lipinski definition) is 3. The van der Waals surface area contributed by atoms with Crippen LogP contribution in [0, 0.1) is 0 Å². The molecule has 0 fully saturated rings. The first kappa shape index (κ1) is 32.6. The Morgan fingerprint density at radius 2 is 0.828 bits per heavy atom. The lowest BCUT2D eigenvalue weighted by Crippen LogP contribution is -2.04. The molecule has 12 rings (SSSR count). The number of furan rings is 3. The van der Waals surface area contributed by atoms with Gasteiger partial charge in [-0.1, -0.05) is 176 Å². The molecular formula is C55H34O3. The normalized spacial score (nSPS) is 11.9. The van der Waals surface area contributed by atoms with Crippen LogP contribution in [0.4, 0.5) is 0 Å². The minimum atomic E-state index is -0.0900. The van der Waals surface area contributed by atoms with Crippen molar-refractivity contribution >= 4 is 65.8 Å². The monoisotopic (exact) mass is 742 g/mol. The third-order valence-electron chi connectivity index (χ3n) is 11.8. The number of para-hydroxylation sites is 3. The minimum Gasteiger partial charge on any atom is -0.456 e. The summed E-state index contributed by atoms with van der Waals surface area (Å²) in [6, 6.07) is 70.8. The van der Waals surface area contributed by atoms with Crippen LogP contribution in [0.1, 0.15) is 22.6 Å². The molecule has 3 nitrogen and oxygen atoms in total. The Bertz CT molecular complexity index is 3390. The van der Waals surface area contributed by atoms with Crippen molar-refractivity contribution in [3.05, 3.63) is 217 Å². The van der Waals surface area contributed by atoms with Crippen LogP contribution in [0.3, 0.4) is 0 Å². The van der Waals surface area contributed by atoms with Gasteiger partial charge < -0.3 is 13.3 Å². The molecule has 0 N–H and O–H groups in total. The molecule has 58 heavy (non-hydrogen) atoms. The highest BCUT2D eigenvalue weighted by atomic mass is 16.3. The highest BCUT2D eigenvalue weighted by Crippen LogP contribution is 2.49. The Morgan fingerprint density at radius 3 is 1.50 bits per heavy atom. The van der Waals surface area contributed by atoms with E-state index in [9.17, 15) is 0 Å². The molecule has 3 heterocycles. The van der Waals surface area contributed by atoms with Crippen LogP contribution in [0.15, 0.2) is 213 Å². The number of fused-ring (bicyclic) bond motifs is 9. The highest BCUT2D eigenvalue weighted by molar-refractivity contribution is 6.26. The topological polar surface area (TPSA) is 39.4 Å².